The minimum atomic E-state index is -0.324. The molecule has 3 nitrogen and oxygen atoms in total. The number of hydrogen-bond donors (Lipinski definition) is 1. The fraction of sp³-hybridized carbons (Fsp3) is 0. The number of rotatable bonds is 2. The molecule has 1 aliphatic heterocycles. The van der Waals surface area contributed by atoms with E-state index in [-0.39, 0.29) is 11.7 Å². The molecule has 1 amide bonds. The number of nitrogens with one attached hydrogen (secondary N) is 1. The van der Waals surface area contributed by atoms with Gasteiger partial charge in [0.1, 0.15) is 5.82 Å². The molecule has 0 aliphatic carbocycles. The van der Waals surface area contributed by atoms with Gasteiger partial charge in [-0.3, -0.25) is 4.79 Å². The van der Waals surface area contributed by atoms with Crippen molar-refractivity contribution < 1.29 is 9.18 Å². The third-order valence-corrected chi connectivity index (χ3v) is 4.04. The van der Waals surface area contributed by atoms with Gasteiger partial charge >= 0.3 is 0 Å². The summed E-state index contributed by atoms with van der Waals surface area (Å²) in [6.07, 6.45) is 1.77. The molecule has 0 aromatic heterocycles. The van der Waals surface area contributed by atoms with Crippen LogP contribution < -0.4 is 5.32 Å². The van der Waals surface area contributed by atoms with Crippen LogP contribution in [0.2, 0.25) is 5.02 Å². The maximum absolute atomic E-state index is 12.9. The Balaban J connectivity index is 1.80. The summed E-state index contributed by atoms with van der Waals surface area (Å²) in [6.45, 7) is 0. The molecule has 0 atom stereocenters. The van der Waals surface area contributed by atoms with Crippen LogP contribution in [0.1, 0.15) is 5.56 Å². The van der Waals surface area contributed by atoms with Gasteiger partial charge in [0.05, 0.1) is 10.6 Å². The van der Waals surface area contributed by atoms with Crippen molar-refractivity contribution in [3.63, 3.8) is 0 Å². The second-order valence-corrected chi connectivity index (χ2v) is 5.98. The number of nitrogens with zero attached hydrogens (tertiary/aromatic N) is 1. The van der Waals surface area contributed by atoms with Gasteiger partial charge in [0.25, 0.3) is 5.91 Å². The summed E-state index contributed by atoms with van der Waals surface area (Å²) in [7, 11) is 0. The zero-order valence-electron chi connectivity index (χ0n) is 11.2. The van der Waals surface area contributed by atoms with Crippen LogP contribution in [0.15, 0.2) is 58.4 Å². The monoisotopic (exact) mass is 332 g/mol. The Morgan fingerprint density at radius 2 is 1.77 bits per heavy atom. The van der Waals surface area contributed by atoms with Crippen molar-refractivity contribution in [1.82, 2.24) is 5.32 Å². The molecule has 2 aromatic carbocycles. The molecule has 1 fully saturated rings. The normalized spacial score (nSPS) is 18.0. The summed E-state index contributed by atoms with van der Waals surface area (Å²) in [6, 6.07) is 12.9. The van der Waals surface area contributed by atoms with Crippen LogP contribution in [0.3, 0.4) is 0 Å². The molecule has 110 valence electrons. The second kappa shape index (κ2) is 6.34. The lowest BCUT2D eigenvalue weighted by atomic mass is 10.2. The van der Waals surface area contributed by atoms with Crippen LogP contribution in [0.4, 0.5) is 10.1 Å². The van der Waals surface area contributed by atoms with Crippen LogP contribution >= 0.6 is 23.4 Å². The smallest absolute Gasteiger partial charge is 0.264 e. The highest BCUT2D eigenvalue weighted by atomic mass is 35.5. The first-order valence-corrected chi connectivity index (χ1v) is 7.60. The molecule has 0 saturated carbocycles. The number of thioether (sulfide) groups is 1. The number of carbonyl (C=O) groups excluding carboxylic acids is 1. The largest absolute Gasteiger partial charge is 0.300 e. The summed E-state index contributed by atoms with van der Waals surface area (Å²) in [4.78, 5) is 16.8. The minimum absolute atomic E-state index is 0.208. The Morgan fingerprint density at radius 3 is 2.45 bits per heavy atom. The highest BCUT2D eigenvalue weighted by molar-refractivity contribution is 8.18. The molecule has 3 rings (SSSR count). The molecule has 1 aliphatic rings. The predicted molar refractivity (Wildman–Crippen MR) is 88.7 cm³/mol. The van der Waals surface area contributed by atoms with E-state index in [9.17, 15) is 9.18 Å². The highest BCUT2D eigenvalue weighted by Crippen LogP contribution is 2.28. The molecule has 1 heterocycles. The van der Waals surface area contributed by atoms with E-state index < -0.39 is 0 Å². The van der Waals surface area contributed by atoms with Crippen LogP contribution in [0.25, 0.3) is 6.08 Å². The van der Waals surface area contributed by atoms with Crippen molar-refractivity contribution >= 4 is 46.2 Å². The first-order chi connectivity index (χ1) is 10.6. The number of amides is 1. The highest BCUT2D eigenvalue weighted by Gasteiger charge is 2.23. The molecular weight excluding hydrogens is 323 g/mol. The van der Waals surface area contributed by atoms with E-state index >= 15 is 0 Å². The third kappa shape index (κ3) is 3.55. The quantitative estimate of drug-likeness (QED) is 0.830. The minimum Gasteiger partial charge on any atom is -0.300 e. The zero-order valence-corrected chi connectivity index (χ0v) is 12.8. The van der Waals surface area contributed by atoms with Gasteiger partial charge in [-0.25, -0.2) is 9.38 Å². The van der Waals surface area contributed by atoms with Gasteiger partial charge in [0.15, 0.2) is 5.17 Å². The standard InChI is InChI=1S/C16H10ClFN2OS/c17-11-3-1-10(2-4-11)9-14-15(21)20-16(22-14)19-13-7-5-12(18)6-8-13/h1-9H,(H,19,20,21). The van der Waals surface area contributed by atoms with E-state index in [0.717, 1.165) is 5.56 Å². The van der Waals surface area contributed by atoms with Crippen molar-refractivity contribution in [2.75, 3.05) is 0 Å². The number of benzene rings is 2. The van der Waals surface area contributed by atoms with Gasteiger partial charge < -0.3 is 5.32 Å². The number of carbonyl (C=O) groups is 1. The lowest BCUT2D eigenvalue weighted by molar-refractivity contribution is -0.115. The number of aliphatic imine (C=N–C) groups is 1. The fourth-order valence-electron chi connectivity index (χ4n) is 1.82. The lowest BCUT2D eigenvalue weighted by Crippen LogP contribution is -2.19. The van der Waals surface area contributed by atoms with E-state index in [0.29, 0.717) is 20.8 Å². The Bertz CT molecular complexity index is 770. The van der Waals surface area contributed by atoms with Gasteiger partial charge in [-0.1, -0.05) is 23.7 Å². The van der Waals surface area contributed by atoms with Gasteiger partial charge in [-0.2, -0.15) is 0 Å². The van der Waals surface area contributed by atoms with Crippen molar-refractivity contribution in [2.45, 2.75) is 0 Å². The summed E-state index contributed by atoms with van der Waals surface area (Å²) in [5.74, 6) is -0.531. The SMILES string of the molecule is O=C1NC(=Nc2ccc(F)cc2)SC1=Cc1ccc(Cl)cc1. The Morgan fingerprint density at radius 1 is 1.09 bits per heavy atom. The van der Waals surface area contributed by atoms with Crippen LogP contribution in [-0.4, -0.2) is 11.1 Å². The molecule has 0 radical (unpaired) electrons. The van der Waals surface area contributed by atoms with E-state index in [1.807, 2.05) is 12.1 Å². The van der Waals surface area contributed by atoms with E-state index in [2.05, 4.69) is 10.3 Å². The first-order valence-electron chi connectivity index (χ1n) is 6.41. The molecule has 0 spiro atoms. The molecule has 2 aromatic rings. The number of hydrogen-bond acceptors (Lipinski definition) is 3. The molecule has 1 N–H and O–H groups in total. The average molecular weight is 333 g/mol. The van der Waals surface area contributed by atoms with Crippen molar-refractivity contribution in [3.8, 4) is 0 Å². The van der Waals surface area contributed by atoms with E-state index in [4.69, 9.17) is 11.6 Å². The fourth-order valence-corrected chi connectivity index (χ4v) is 2.79. The van der Waals surface area contributed by atoms with Gasteiger partial charge in [0, 0.05) is 5.02 Å². The molecule has 22 heavy (non-hydrogen) atoms. The summed E-state index contributed by atoms with van der Waals surface area (Å²) >= 11 is 7.07. The van der Waals surface area contributed by atoms with Crippen molar-refractivity contribution in [1.29, 1.82) is 0 Å². The van der Waals surface area contributed by atoms with Gasteiger partial charge in [0.2, 0.25) is 0 Å². The van der Waals surface area contributed by atoms with Crippen molar-refractivity contribution in [3.05, 3.63) is 69.8 Å². The number of amidine groups is 1. The molecule has 0 unspecified atom stereocenters. The van der Waals surface area contributed by atoms with Crippen LogP contribution in [-0.2, 0) is 4.79 Å². The summed E-state index contributed by atoms with van der Waals surface area (Å²) in [5.41, 5.74) is 1.46. The van der Waals surface area contributed by atoms with Crippen LogP contribution in [0.5, 0.6) is 0 Å². The maximum atomic E-state index is 12.9. The summed E-state index contributed by atoms with van der Waals surface area (Å²) < 4.78 is 12.9. The van der Waals surface area contributed by atoms with Gasteiger partial charge in [-0.15, -0.1) is 0 Å². The first kappa shape index (κ1) is 14.8. The third-order valence-electron chi connectivity index (χ3n) is 2.88. The van der Waals surface area contributed by atoms with Gasteiger partial charge in [-0.05, 0) is 59.8 Å². The average Bonchev–Trinajstić information content (AvgIpc) is 2.84. The zero-order chi connectivity index (χ0) is 15.5. The molecule has 1 saturated heterocycles. The Kier molecular flexibility index (Phi) is 4.27. The summed E-state index contributed by atoms with van der Waals surface area (Å²) in [5, 5.41) is 3.80. The topological polar surface area (TPSA) is 41.5 Å². The van der Waals surface area contributed by atoms with Crippen molar-refractivity contribution in [2.24, 2.45) is 4.99 Å². The van der Waals surface area contributed by atoms with E-state index in [1.54, 1.807) is 30.3 Å². The Hall–Kier alpha value is -2.11. The number of halogens is 2. The van der Waals surface area contributed by atoms with E-state index in [1.165, 1.54) is 23.9 Å². The molecular formula is C16H10ClFN2OS. The predicted octanol–water partition coefficient (Wildman–Crippen LogP) is 4.37. The Labute approximate surface area is 135 Å². The molecule has 0 bridgehead atoms. The molecule has 6 heteroatoms. The second-order valence-electron chi connectivity index (χ2n) is 4.51. The van der Waals surface area contributed by atoms with Crippen LogP contribution in [0, 0.1) is 5.82 Å². The lowest BCUT2D eigenvalue weighted by Gasteiger charge is -1.96. The maximum Gasteiger partial charge on any atom is 0.264 e.